The molecule has 0 N–H and O–H groups in total. The Labute approximate surface area is 116 Å². The van der Waals surface area contributed by atoms with Gasteiger partial charge in [-0.1, -0.05) is 44.2 Å². The molecule has 0 aromatic heterocycles. The second-order valence-corrected chi connectivity index (χ2v) is 4.75. The Hall–Kier alpha value is -1.54. The van der Waals surface area contributed by atoms with Crippen molar-refractivity contribution in [2.75, 3.05) is 26.7 Å². The summed E-state index contributed by atoms with van der Waals surface area (Å²) in [6, 6.07) is 12.8. The van der Waals surface area contributed by atoms with Crippen LogP contribution in [0, 0.1) is 0 Å². The lowest BCUT2D eigenvalue weighted by Crippen LogP contribution is -2.25. The fourth-order valence-corrected chi connectivity index (χ4v) is 2.55. The summed E-state index contributed by atoms with van der Waals surface area (Å²) in [5.41, 5.74) is 1.41. The molecule has 0 aliphatic heterocycles. The van der Waals surface area contributed by atoms with Gasteiger partial charge in [-0.25, -0.2) is 0 Å². The summed E-state index contributed by atoms with van der Waals surface area (Å²) in [5, 5.41) is 2.52. The van der Waals surface area contributed by atoms with E-state index in [1.54, 1.807) is 7.11 Å². The van der Waals surface area contributed by atoms with E-state index >= 15 is 0 Å². The van der Waals surface area contributed by atoms with Crippen LogP contribution in [0.2, 0.25) is 0 Å². The van der Waals surface area contributed by atoms with E-state index in [0.717, 1.165) is 31.8 Å². The molecule has 2 heteroatoms. The van der Waals surface area contributed by atoms with Gasteiger partial charge in [-0.05, 0) is 36.5 Å². The predicted octanol–water partition coefficient (Wildman–Crippen LogP) is 3.73. The highest BCUT2D eigenvalue weighted by atomic mass is 16.5. The quantitative estimate of drug-likeness (QED) is 0.781. The first-order chi connectivity index (χ1) is 9.30. The summed E-state index contributed by atoms with van der Waals surface area (Å²) in [5.74, 6) is 0.960. The van der Waals surface area contributed by atoms with Crippen molar-refractivity contribution in [1.82, 2.24) is 4.90 Å². The number of benzene rings is 2. The molecule has 0 aliphatic rings. The minimum atomic E-state index is 0.960. The molecule has 0 spiro atoms. The Morgan fingerprint density at radius 2 is 1.63 bits per heavy atom. The summed E-state index contributed by atoms with van der Waals surface area (Å²) in [7, 11) is 1.73. The van der Waals surface area contributed by atoms with Gasteiger partial charge in [0.15, 0.2) is 0 Å². The average molecular weight is 257 g/mol. The molecule has 0 heterocycles. The highest BCUT2D eigenvalue weighted by Crippen LogP contribution is 2.28. The van der Waals surface area contributed by atoms with Gasteiger partial charge in [0.2, 0.25) is 0 Å². The summed E-state index contributed by atoms with van der Waals surface area (Å²) >= 11 is 0. The first kappa shape index (κ1) is 13.9. The molecule has 19 heavy (non-hydrogen) atoms. The van der Waals surface area contributed by atoms with Crippen molar-refractivity contribution in [2.45, 2.75) is 20.3 Å². The van der Waals surface area contributed by atoms with Gasteiger partial charge < -0.3 is 9.64 Å². The summed E-state index contributed by atoms with van der Waals surface area (Å²) in [4.78, 5) is 2.46. The van der Waals surface area contributed by atoms with E-state index in [9.17, 15) is 0 Å². The van der Waals surface area contributed by atoms with Crippen LogP contribution in [0.4, 0.5) is 0 Å². The molecular weight excluding hydrogens is 234 g/mol. The molecule has 0 fully saturated rings. The molecule has 0 unspecified atom stereocenters. The first-order valence-corrected chi connectivity index (χ1v) is 7.07. The van der Waals surface area contributed by atoms with Gasteiger partial charge >= 0.3 is 0 Å². The maximum atomic E-state index is 5.44. The van der Waals surface area contributed by atoms with E-state index in [1.165, 1.54) is 16.3 Å². The van der Waals surface area contributed by atoms with Crippen molar-refractivity contribution in [3.63, 3.8) is 0 Å². The number of rotatable bonds is 6. The van der Waals surface area contributed by atoms with E-state index in [2.05, 4.69) is 55.1 Å². The molecule has 2 aromatic rings. The smallest absolute Gasteiger partial charge is 0.126 e. The third-order valence-corrected chi connectivity index (χ3v) is 3.79. The number of methoxy groups -OCH3 is 1. The normalized spacial score (nSPS) is 11.2. The van der Waals surface area contributed by atoms with Gasteiger partial charge in [-0.15, -0.1) is 0 Å². The minimum absolute atomic E-state index is 0.960. The zero-order chi connectivity index (χ0) is 13.7. The molecular formula is C17H23NO. The van der Waals surface area contributed by atoms with Crippen molar-refractivity contribution in [3.8, 4) is 5.75 Å². The molecule has 0 amide bonds. The maximum Gasteiger partial charge on any atom is 0.126 e. The predicted molar refractivity (Wildman–Crippen MR) is 82.0 cm³/mol. The standard InChI is InChI=1S/C17H23NO/c1-4-18(5-2)13-12-14-10-11-17(19-3)16-9-7-6-8-15(14)16/h6-11H,4-5,12-13H2,1-3H3. The van der Waals surface area contributed by atoms with Crippen LogP contribution < -0.4 is 4.74 Å². The van der Waals surface area contributed by atoms with Gasteiger partial charge in [0, 0.05) is 11.9 Å². The van der Waals surface area contributed by atoms with Crippen LogP contribution in [-0.4, -0.2) is 31.6 Å². The molecule has 2 rings (SSSR count). The van der Waals surface area contributed by atoms with Crippen LogP contribution in [0.25, 0.3) is 10.8 Å². The third kappa shape index (κ3) is 3.07. The third-order valence-electron chi connectivity index (χ3n) is 3.79. The number of likely N-dealkylation sites (N-methyl/N-ethyl adjacent to an activating group) is 1. The lowest BCUT2D eigenvalue weighted by Gasteiger charge is -2.18. The maximum absolute atomic E-state index is 5.44. The van der Waals surface area contributed by atoms with E-state index in [-0.39, 0.29) is 0 Å². The Bertz CT molecular complexity index is 532. The number of ether oxygens (including phenoxy) is 1. The van der Waals surface area contributed by atoms with E-state index < -0.39 is 0 Å². The molecule has 0 aliphatic carbocycles. The molecule has 102 valence electrons. The molecule has 2 nitrogen and oxygen atoms in total. The van der Waals surface area contributed by atoms with Crippen LogP contribution in [0.15, 0.2) is 36.4 Å². The Balaban J connectivity index is 2.29. The fourth-order valence-electron chi connectivity index (χ4n) is 2.55. The summed E-state index contributed by atoms with van der Waals surface area (Å²) in [6.07, 6.45) is 1.09. The number of hydrogen-bond acceptors (Lipinski definition) is 2. The molecule has 2 aromatic carbocycles. The van der Waals surface area contributed by atoms with Crippen molar-refractivity contribution in [3.05, 3.63) is 42.0 Å². The summed E-state index contributed by atoms with van der Waals surface area (Å²) in [6.45, 7) is 7.78. The zero-order valence-electron chi connectivity index (χ0n) is 12.1. The molecule has 0 atom stereocenters. The number of nitrogens with zero attached hydrogens (tertiary/aromatic N) is 1. The number of hydrogen-bond donors (Lipinski definition) is 0. The van der Waals surface area contributed by atoms with Crippen molar-refractivity contribution in [1.29, 1.82) is 0 Å². The van der Waals surface area contributed by atoms with Crippen molar-refractivity contribution in [2.24, 2.45) is 0 Å². The Morgan fingerprint density at radius 1 is 0.947 bits per heavy atom. The summed E-state index contributed by atoms with van der Waals surface area (Å²) < 4.78 is 5.44. The SMILES string of the molecule is CCN(CC)CCc1ccc(OC)c2ccccc12. The Morgan fingerprint density at radius 3 is 2.26 bits per heavy atom. The first-order valence-electron chi connectivity index (χ1n) is 7.07. The van der Waals surface area contributed by atoms with Crippen molar-refractivity contribution < 1.29 is 4.74 Å². The minimum Gasteiger partial charge on any atom is -0.496 e. The van der Waals surface area contributed by atoms with Gasteiger partial charge in [0.05, 0.1) is 7.11 Å². The molecule has 0 bridgehead atoms. The Kier molecular flexibility index (Phi) is 4.80. The fraction of sp³-hybridized carbons (Fsp3) is 0.412. The average Bonchev–Trinajstić information content (AvgIpc) is 2.48. The lowest BCUT2D eigenvalue weighted by atomic mass is 10.0. The molecule has 0 saturated carbocycles. The second kappa shape index (κ2) is 6.58. The monoisotopic (exact) mass is 257 g/mol. The highest BCUT2D eigenvalue weighted by Gasteiger charge is 2.07. The lowest BCUT2D eigenvalue weighted by molar-refractivity contribution is 0.308. The molecule has 0 radical (unpaired) electrons. The molecule has 0 saturated heterocycles. The van der Waals surface area contributed by atoms with Crippen molar-refractivity contribution >= 4 is 10.8 Å². The van der Waals surface area contributed by atoms with Crippen LogP contribution >= 0.6 is 0 Å². The van der Waals surface area contributed by atoms with Crippen LogP contribution in [0.1, 0.15) is 19.4 Å². The zero-order valence-corrected chi connectivity index (χ0v) is 12.1. The van der Waals surface area contributed by atoms with Gasteiger partial charge in [-0.2, -0.15) is 0 Å². The topological polar surface area (TPSA) is 12.5 Å². The second-order valence-electron chi connectivity index (χ2n) is 4.75. The van der Waals surface area contributed by atoms with E-state index in [0.29, 0.717) is 0 Å². The van der Waals surface area contributed by atoms with Gasteiger partial charge in [0.1, 0.15) is 5.75 Å². The van der Waals surface area contributed by atoms with Gasteiger partial charge in [0.25, 0.3) is 0 Å². The largest absolute Gasteiger partial charge is 0.496 e. The number of fused-ring (bicyclic) bond motifs is 1. The van der Waals surface area contributed by atoms with E-state index in [1.807, 2.05) is 0 Å². The van der Waals surface area contributed by atoms with E-state index in [4.69, 9.17) is 4.74 Å². The van der Waals surface area contributed by atoms with Crippen LogP contribution in [0.5, 0.6) is 5.75 Å². The van der Waals surface area contributed by atoms with Crippen LogP contribution in [0.3, 0.4) is 0 Å². The van der Waals surface area contributed by atoms with Crippen LogP contribution in [-0.2, 0) is 6.42 Å². The van der Waals surface area contributed by atoms with Gasteiger partial charge in [-0.3, -0.25) is 0 Å². The highest BCUT2D eigenvalue weighted by molar-refractivity contribution is 5.91.